The Kier molecular flexibility index (Phi) is 5.05. The van der Waals surface area contributed by atoms with E-state index in [2.05, 4.69) is 143 Å². The number of likely N-dealkylation sites (N-methyl/N-ethyl adjacent to an activating group) is 1. The molecule has 0 bridgehead atoms. The van der Waals surface area contributed by atoms with Gasteiger partial charge in [-0.05, 0) is 45.5 Å². The summed E-state index contributed by atoms with van der Waals surface area (Å²) in [7, 11) is 2.19. The molecular weight excluding hydrogens is 436 g/mol. The van der Waals surface area contributed by atoms with Gasteiger partial charge in [-0.1, -0.05) is 113 Å². The summed E-state index contributed by atoms with van der Waals surface area (Å²) in [6, 6.07) is 26.1. The van der Waals surface area contributed by atoms with Crippen LogP contribution in [0.4, 0.5) is 11.4 Å². The Labute approximate surface area is 214 Å². The number of benzene rings is 4. The molecule has 178 valence electrons. The average molecular weight is 469 g/mol. The molecule has 0 fully saturated rings. The van der Waals surface area contributed by atoms with Gasteiger partial charge in [0.2, 0.25) is 0 Å². The van der Waals surface area contributed by atoms with E-state index in [1.54, 1.807) is 0 Å². The number of rotatable bonds is 3. The Hall–Kier alpha value is -3.91. The zero-order chi connectivity index (χ0) is 25.1. The Morgan fingerprint density at radius 3 is 2.14 bits per heavy atom. The highest BCUT2D eigenvalue weighted by Crippen LogP contribution is 2.50. The maximum absolute atomic E-state index is 4.99. The molecule has 0 aromatic heterocycles. The molecule has 2 heterocycles. The van der Waals surface area contributed by atoms with Gasteiger partial charge in [-0.25, -0.2) is 0 Å². The van der Waals surface area contributed by atoms with Crippen LogP contribution in [-0.4, -0.2) is 12.8 Å². The molecule has 0 unspecified atom stereocenters. The molecule has 4 aromatic carbocycles. The summed E-state index contributed by atoms with van der Waals surface area (Å²) in [6.45, 7) is 9.18. The second-order valence-corrected chi connectivity index (χ2v) is 11.0. The van der Waals surface area contributed by atoms with Crippen molar-refractivity contribution in [2.24, 2.45) is 4.99 Å². The molecule has 0 atom stereocenters. The van der Waals surface area contributed by atoms with Crippen LogP contribution in [0.3, 0.4) is 0 Å². The molecule has 0 saturated carbocycles. The summed E-state index contributed by atoms with van der Waals surface area (Å²) in [4.78, 5) is 7.35. The van der Waals surface area contributed by atoms with E-state index in [1.165, 1.54) is 44.1 Å². The van der Waals surface area contributed by atoms with Gasteiger partial charge in [0.1, 0.15) is 0 Å². The minimum absolute atomic E-state index is 0.0532. The van der Waals surface area contributed by atoms with Gasteiger partial charge >= 0.3 is 0 Å². The predicted octanol–water partition coefficient (Wildman–Crippen LogP) is 8.78. The molecule has 4 aromatic rings. The van der Waals surface area contributed by atoms with Crippen LogP contribution in [-0.2, 0) is 10.8 Å². The van der Waals surface area contributed by atoms with Crippen LogP contribution in [0, 0.1) is 0 Å². The number of anilines is 1. The summed E-state index contributed by atoms with van der Waals surface area (Å²) in [5.41, 5.74) is 7.33. The van der Waals surface area contributed by atoms with Crippen molar-refractivity contribution in [3.8, 4) is 0 Å². The topological polar surface area (TPSA) is 15.6 Å². The van der Waals surface area contributed by atoms with Crippen molar-refractivity contribution in [1.29, 1.82) is 0 Å². The van der Waals surface area contributed by atoms with E-state index in [-0.39, 0.29) is 10.8 Å². The molecular formula is C34H32N2. The summed E-state index contributed by atoms with van der Waals surface area (Å²) in [5, 5.41) is 5.16. The predicted molar refractivity (Wildman–Crippen MR) is 156 cm³/mol. The van der Waals surface area contributed by atoms with Crippen LogP contribution in [0.15, 0.2) is 114 Å². The van der Waals surface area contributed by atoms with E-state index in [0.717, 1.165) is 11.4 Å². The molecule has 0 radical (unpaired) electrons. The fourth-order valence-corrected chi connectivity index (χ4v) is 6.13. The molecule has 2 heteroatoms. The van der Waals surface area contributed by atoms with E-state index in [4.69, 9.17) is 4.99 Å². The quantitative estimate of drug-likeness (QED) is 0.274. The fourth-order valence-electron chi connectivity index (χ4n) is 6.13. The largest absolute Gasteiger partial charge is 0.347 e. The zero-order valence-corrected chi connectivity index (χ0v) is 21.7. The third-order valence-electron chi connectivity index (χ3n) is 8.05. The maximum Gasteiger partial charge on any atom is 0.0681 e. The molecule has 2 nitrogen and oxygen atoms in total. The van der Waals surface area contributed by atoms with Gasteiger partial charge in [0.25, 0.3) is 0 Å². The van der Waals surface area contributed by atoms with Crippen molar-refractivity contribution in [2.45, 2.75) is 38.5 Å². The van der Waals surface area contributed by atoms with Crippen molar-refractivity contribution in [3.05, 3.63) is 120 Å². The average Bonchev–Trinajstić information content (AvgIpc) is 3.25. The third kappa shape index (κ3) is 3.28. The number of nitrogens with zero attached hydrogens (tertiary/aromatic N) is 2. The first-order valence-electron chi connectivity index (χ1n) is 12.7. The number of aliphatic imine (C=N–C) groups is 1. The van der Waals surface area contributed by atoms with Gasteiger partial charge in [0, 0.05) is 29.0 Å². The Morgan fingerprint density at radius 2 is 1.36 bits per heavy atom. The van der Waals surface area contributed by atoms with Crippen molar-refractivity contribution in [2.75, 3.05) is 11.9 Å². The second-order valence-electron chi connectivity index (χ2n) is 11.0. The highest BCUT2D eigenvalue weighted by atomic mass is 15.2. The molecule has 2 aliphatic heterocycles. The van der Waals surface area contributed by atoms with Gasteiger partial charge < -0.3 is 4.90 Å². The van der Waals surface area contributed by atoms with Gasteiger partial charge in [0.15, 0.2) is 0 Å². The van der Waals surface area contributed by atoms with Crippen LogP contribution in [0.25, 0.3) is 21.5 Å². The van der Waals surface area contributed by atoms with Crippen LogP contribution in [0.2, 0.25) is 0 Å². The number of hydrogen-bond acceptors (Lipinski definition) is 2. The summed E-state index contributed by atoms with van der Waals surface area (Å²) >= 11 is 0. The second kappa shape index (κ2) is 8.06. The first kappa shape index (κ1) is 22.5. The number of allylic oxidation sites excluding steroid dienone is 6. The smallest absolute Gasteiger partial charge is 0.0681 e. The van der Waals surface area contributed by atoms with Gasteiger partial charge in [0.05, 0.1) is 17.1 Å². The third-order valence-corrected chi connectivity index (χ3v) is 8.05. The van der Waals surface area contributed by atoms with Crippen LogP contribution < -0.4 is 4.90 Å². The molecule has 6 rings (SSSR count). The van der Waals surface area contributed by atoms with Crippen molar-refractivity contribution < 1.29 is 0 Å². The van der Waals surface area contributed by atoms with E-state index < -0.39 is 0 Å². The summed E-state index contributed by atoms with van der Waals surface area (Å²) in [6.07, 6.45) is 10.8. The molecule has 0 saturated heterocycles. The van der Waals surface area contributed by atoms with E-state index in [1.807, 2.05) is 0 Å². The van der Waals surface area contributed by atoms with Crippen molar-refractivity contribution >= 4 is 38.6 Å². The molecule has 0 aliphatic carbocycles. The standard InChI is InChI=1S/C34H32N2/c1-33(2)27-21-19-24-14-10-12-16-26(24)32(27)36(5)30(33)18-8-6-7-17-29-34(3,4)31-25-15-11-9-13-23(25)20-22-28(31)35-29/h6-22H,1-5H3/b8-6+,17-7+,30-18+. The van der Waals surface area contributed by atoms with E-state index in [0.29, 0.717) is 0 Å². The molecule has 0 N–H and O–H groups in total. The lowest BCUT2D eigenvalue weighted by Gasteiger charge is -2.23. The first-order chi connectivity index (χ1) is 17.3. The van der Waals surface area contributed by atoms with Gasteiger partial charge in [-0.15, -0.1) is 0 Å². The van der Waals surface area contributed by atoms with Crippen molar-refractivity contribution in [1.82, 2.24) is 0 Å². The summed E-state index contributed by atoms with van der Waals surface area (Å²) < 4.78 is 0. The lowest BCUT2D eigenvalue weighted by Crippen LogP contribution is -2.24. The van der Waals surface area contributed by atoms with Crippen LogP contribution in [0.1, 0.15) is 38.8 Å². The maximum atomic E-state index is 4.99. The molecule has 0 amide bonds. The molecule has 36 heavy (non-hydrogen) atoms. The minimum Gasteiger partial charge on any atom is -0.347 e. The van der Waals surface area contributed by atoms with Gasteiger partial charge in [-0.2, -0.15) is 0 Å². The molecule has 2 aliphatic rings. The first-order valence-corrected chi connectivity index (χ1v) is 12.7. The Morgan fingerprint density at radius 1 is 0.694 bits per heavy atom. The lowest BCUT2D eigenvalue weighted by molar-refractivity contribution is 0.640. The highest BCUT2D eigenvalue weighted by molar-refractivity contribution is 6.12. The number of fused-ring (bicyclic) bond motifs is 6. The zero-order valence-electron chi connectivity index (χ0n) is 21.7. The van der Waals surface area contributed by atoms with Gasteiger partial charge in [-0.3, -0.25) is 4.99 Å². The monoisotopic (exact) mass is 468 g/mol. The van der Waals surface area contributed by atoms with Crippen molar-refractivity contribution in [3.63, 3.8) is 0 Å². The van der Waals surface area contributed by atoms with E-state index >= 15 is 0 Å². The number of hydrogen-bond donors (Lipinski definition) is 0. The fraction of sp³-hybridized carbons (Fsp3) is 0.206. The van der Waals surface area contributed by atoms with Crippen LogP contribution in [0.5, 0.6) is 0 Å². The minimum atomic E-state index is -0.130. The normalized spacial score (nSPS) is 19.1. The highest BCUT2D eigenvalue weighted by Gasteiger charge is 2.39. The lowest BCUT2D eigenvalue weighted by atomic mass is 9.79. The summed E-state index contributed by atoms with van der Waals surface area (Å²) in [5.74, 6) is 0. The molecule has 0 spiro atoms. The SMILES string of the molecule is CN1/C(=C/C=C/C=C/C2=Nc3ccc4ccccc4c3C2(C)C)C(C)(C)c2ccc3ccccc3c21. The van der Waals surface area contributed by atoms with E-state index in [9.17, 15) is 0 Å². The Bertz CT molecular complexity index is 1640. The Balaban J connectivity index is 1.27. The van der Waals surface area contributed by atoms with Crippen LogP contribution >= 0.6 is 0 Å².